The molecule has 0 fully saturated rings. The van der Waals surface area contributed by atoms with Crippen molar-refractivity contribution in [1.82, 2.24) is 9.55 Å². The van der Waals surface area contributed by atoms with Crippen LogP contribution in [0.5, 0.6) is 0 Å². The van der Waals surface area contributed by atoms with E-state index in [0.29, 0.717) is 16.3 Å². The van der Waals surface area contributed by atoms with Gasteiger partial charge in [0.15, 0.2) is 5.16 Å². The van der Waals surface area contributed by atoms with Gasteiger partial charge in [-0.2, -0.15) is 0 Å². The normalized spacial score (nSPS) is 15.5. The van der Waals surface area contributed by atoms with E-state index in [0.717, 1.165) is 41.5 Å². The van der Waals surface area contributed by atoms with Crippen LogP contribution in [0.2, 0.25) is 5.02 Å². The lowest BCUT2D eigenvalue weighted by Crippen LogP contribution is -2.15. The fourth-order valence-corrected chi connectivity index (χ4v) is 5.94. The topological polar surface area (TPSA) is 17.8 Å². The second-order valence-corrected chi connectivity index (χ2v) is 9.74. The van der Waals surface area contributed by atoms with Crippen LogP contribution in [0.15, 0.2) is 71.9 Å². The minimum absolute atomic E-state index is 0.192. The van der Waals surface area contributed by atoms with E-state index in [2.05, 4.69) is 35.8 Å². The van der Waals surface area contributed by atoms with Gasteiger partial charge in [0, 0.05) is 27.9 Å². The van der Waals surface area contributed by atoms with Crippen LogP contribution in [0.25, 0.3) is 5.69 Å². The number of hydrogen-bond acceptors (Lipinski definition) is 2. The Hall–Kier alpha value is -2.63. The molecule has 0 amide bonds. The van der Waals surface area contributed by atoms with E-state index in [4.69, 9.17) is 16.6 Å². The van der Waals surface area contributed by atoms with Crippen LogP contribution >= 0.6 is 23.4 Å². The molecule has 0 N–H and O–H groups in total. The number of thioether (sulfide) groups is 1. The van der Waals surface area contributed by atoms with Crippen molar-refractivity contribution in [3.8, 4) is 5.69 Å². The van der Waals surface area contributed by atoms with Crippen molar-refractivity contribution >= 4 is 23.4 Å². The van der Waals surface area contributed by atoms with Crippen molar-refractivity contribution in [3.05, 3.63) is 111 Å². The highest BCUT2D eigenvalue weighted by Gasteiger charge is 2.30. The third-order valence-corrected chi connectivity index (χ3v) is 7.45. The highest BCUT2D eigenvalue weighted by molar-refractivity contribution is 7.98. The molecular formula is C27H23ClF2N2S. The average molecular weight is 481 g/mol. The summed E-state index contributed by atoms with van der Waals surface area (Å²) < 4.78 is 30.3. The van der Waals surface area contributed by atoms with Gasteiger partial charge in [0.25, 0.3) is 0 Å². The number of nitrogens with zero attached hydrogens (tertiary/aromatic N) is 2. The van der Waals surface area contributed by atoms with Gasteiger partial charge in [0.1, 0.15) is 11.6 Å². The Morgan fingerprint density at radius 1 is 1.06 bits per heavy atom. The highest BCUT2D eigenvalue weighted by Crippen LogP contribution is 2.41. The Morgan fingerprint density at radius 3 is 2.61 bits per heavy atom. The number of aryl methyl sites for hydroxylation is 2. The quantitative estimate of drug-likeness (QED) is 0.270. The minimum atomic E-state index is -0.322. The molecule has 2 nitrogen and oxygen atoms in total. The van der Waals surface area contributed by atoms with Crippen molar-refractivity contribution in [2.75, 3.05) is 0 Å². The zero-order valence-corrected chi connectivity index (χ0v) is 19.8. The summed E-state index contributed by atoms with van der Waals surface area (Å²) >= 11 is 7.72. The molecule has 0 saturated heterocycles. The van der Waals surface area contributed by atoms with E-state index in [1.54, 1.807) is 24.3 Å². The average Bonchev–Trinajstić information content (AvgIpc) is 3.18. The Kier molecular flexibility index (Phi) is 6.26. The molecule has 0 aliphatic heterocycles. The first-order valence-electron chi connectivity index (χ1n) is 11.0. The molecule has 1 unspecified atom stereocenters. The maximum atomic E-state index is 14.4. The largest absolute Gasteiger partial charge is 0.291 e. The number of benzene rings is 3. The summed E-state index contributed by atoms with van der Waals surface area (Å²) in [6.45, 7) is 2.10. The molecule has 3 aromatic carbocycles. The van der Waals surface area contributed by atoms with Crippen molar-refractivity contribution in [2.24, 2.45) is 0 Å². The Balaban J connectivity index is 1.62. The molecule has 6 heteroatoms. The predicted octanol–water partition coefficient (Wildman–Crippen LogP) is 7.87. The molecular weight excluding hydrogens is 458 g/mol. The summed E-state index contributed by atoms with van der Waals surface area (Å²) in [4.78, 5) is 4.99. The standard InChI is InChI=1S/C27H23ClF2N2S/c1-17-5-2-6-18(15-17)21-7-3-10-25-26(21)32(20-13-11-19(29)12-14-20)27(31-25)33-16-22-23(28)8-4-9-24(22)30/h2,4-6,8-9,11-15,21H,3,7,10,16H2,1H3. The van der Waals surface area contributed by atoms with Crippen molar-refractivity contribution in [1.29, 1.82) is 0 Å². The highest BCUT2D eigenvalue weighted by atomic mass is 35.5. The number of halogens is 3. The Bertz CT molecular complexity index is 1280. The van der Waals surface area contributed by atoms with Crippen LogP contribution < -0.4 is 0 Å². The van der Waals surface area contributed by atoms with Gasteiger partial charge in [-0.1, -0.05) is 59.3 Å². The number of imidazole rings is 1. The number of rotatable bonds is 5. The molecule has 5 rings (SSSR count). The molecule has 0 radical (unpaired) electrons. The van der Waals surface area contributed by atoms with Crippen LogP contribution in [0.1, 0.15) is 46.8 Å². The van der Waals surface area contributed by atoms with Gasteiger partial charge < -0.3 is 0 Å². The van der Waals surface area contributed by atoms with E-state index < -0.39 is 0 Å². The lowest BCUT2D eigenvalue weighted by Gasteiger charge is -2.25. The monoisotopic (exact) mass is 480 g/mol. The fraction of sp³-hybridized carbons (Fsp3) is 0.222. The van der Waals surface area contributed by atoms with Crippen LogP contribution in [0.4, 0.5) is 8.78 Å². The van der Waals surface area contributed by atoms with Crippen LogP contribution in [-0.2, 0) is 12.2 Å². The minimum Gasteiger partial charge on any atom is -0.291 e. The summed E-state index contributed by atoms with van der Waals surface area (Å²) in [6.07, 6.45) is 2.96. The van der Waals surface area contributed by atoms with Gasteiger partial charge in [-0.25, -0.2) is 13.8 Å². The SMILES string of the molecule is Cc1cccc(C2CCCc3nc(SCc4c(F)cccc4Cl)n(-c4ccc(F)cc4)c32)c1. The van der Waals surface area contributed by atoms with Gasteiger partial charge in [-0.3, -0.25) is 4.57 Å². The van der Waals surface area contributed by atoms with Crippen molar-refractivity contribution < 1.29 is 8.78 Å². The third kappa shape index (κ3) is 4.44. The summed E-state index contributed by atoms with van der Waals surface area (Å²) in [5.74, 6) is -0.0530. The van der Waals surface area contributed by atoms with Gasteiger partial charge in [-0.05, 0) is 68.1 Å². The summed E-state index contributed by atoms with van der Waals surface area (Å²) in [6, 6.07) is 19.8. The second-order valence-electron chi connectivity index (χ2n) is 8.39. The van der Waals surface area contributed by atoms with Gasteiger partial charge >= 0.3 is 0 Å². The summed E-state index contributed by atoms with van der Waals surface area (Å²) in [5.41, 5.74) is 5.99. The molecule has 4 aromatic rings. The molecule has 1 aliphatic carbocycles. The zero-order valence-electron chi connectivity index (χ0n) is 18.2. The fourth-order valence-electron chi connectivity index (χ4n) is 4.56. The number of fused-ring (bicyclic) bond motifs is 1. The van der Waals surface area contributed by atoms with E-state index in [9.17, 15) is 8.78 Å². The van der Waals surface area contributed by atoms with Gasteiger partial charge in [-0.15, -0.1) is 0 Å². The lowest BCUT2D eigenvalue weighted by molar-refractivity contribution is 0.586. The molecule has 0 saturated carbocycles. The zero-order chi connectivity index (χ0) is 22.9. The first-order valence-corrected chi connectivity index (χ1v) is 12.4. The predicted molar refractivity (Wildman–Crippen MR) is 130 cm³/mol. The second kappa shape index (κ2) is 9.32. The lowest BCUT2D eigenvalue weighted by atomic mass is 9.84. The van der Waals surface area contributed by atoms with Crippen LogP contribution in [0, 0.1) is 18.6 Å². The first-order chi connectivity index (χ1) is 16.0. The van der Waals surface area contributed by atoms with Gasteiger partial charge in [0.2, 0.25) is 0 Å². The smallest absolute Gasteiger partial charge is 0.173 e. The van der Waals surface area contributed by atoms with Crippen LogP contribution in [-0.4, -0.2) is 9.55 Å². The molecule has 1 aliphatic rings. The van der Waals surface area contributed by atoms with Crippen molar-refractivity contribution in [2.45, 2.75) is 43.0 Å². The van der Waals surface area contributed by atoms with E-state index in [1.165, 1.54) is 41.1 Å². The van der Waals surface area contributed by atoms with E-state index in [-0.39, 0.29) is 17.6 Å². The number of aromatic nitrogens is 2. The Morgan fingerprint density at radius 2 is 1.85 bits per heavy atom. The van der Waals surface area contributed by atoms with Crippen LogP contribution in [0.3, 0.4) is 0 Å². The van der Waals surface area contributed by atoms with Crippen molar-refractivity contribution in [3.63, 3.8) is 0 Å². The molecule has 1 atom stereocenters. The maximum Gasteiger partial charge on any atom is 0.173 e. The molecule has 33 heavy (non-hydrogen) atoms. The molecule has 168 valence electrons. The van der Waals surface area contributed by atoms with E-state index in [1.807, 2.05) is 0 Å². The maximum absolute atomic E-state index is 14.4. The first kappa shape index (κ1) is 22.2. The van der Waals surface area contributed by atoms with Gasteiger partial charge in [0.05, 0.1) is 11.4 Å². The summed E-state index contributed by atoms with van der Waals surface area (Å²) in [7, 11) is 0. The molecule has 0 spiro atoms. The summed E-state index contributed by atoms with van der Waals surface area (Å²) in [5, 5.41) is 1.18. The molecule has 1 heterocycles. The third-order valence-electron chi connectivity index (χ3n) is 6.13. The van der Waals surface area contributed by atoms with E-state index >= 15 is 0 Å². The molecule has 0 bridgehead atoms. The Labute approximate surface area is 201 Å². The number of hydrogen-bond donors (Lipinski definition) is 0. The molecule has 1 aromatic heterocycles.